The second-order valence-corrected chi connectivity index (χ2v) is 8.36. The molecule has 5 nitrogen and oxygen atoms in total. The molecule has 0 radical (unpaired) electrons. The number of benzene rings is 2. The van der Waals surface area contributed by atoms with E-state index in [-0.39, 0.29) is 10.7 Å². The molecule has 3 aromatic rings. The highest BCUT2D eigenvalue weighted by Crippen LogP contribution is 2.31. The van der Waals surface area contributed by atoms with E-state index in [9.17, 15) is 9.59 Å². The van der Waals surface area contributed by atoms with Gasteiger partial charge in [0, 0.05) is 9.92 Å². The normalized spacial score (nSPS) is 15.6. The Kier molecular flexibility index (Phi) is 5.76. The van der Waals surface area contributed by atoms with E-state index in [1.165, 1.54) is 22.7 Å². The standard InChI is InChI=1S/C22H15ClN2O3S2/c1-13-4-2-3-5-18(13)25-21(27)17(20(26)24-22(25)29)12-15-8-11-19(28-15)30-16-9-6-14(23)7-10-16/h2-12H,1H3,(H,24,26,29)/b17-12+. The van der Waals surface area contributed by atoms with Gasteiger partial charge in [0.25, 0.3) is 11.8 Å². The van der Waals surface area contributed by atoms with Crippen LogP contribution in [0, 0.1) is 6.92 Å². The van der Waals surface area contributed by atoms with Crippen molar-refractivity contribution in [2.45, 2.75) is 16.9 Å². The third kappa shape index (κ3) is 4.18. The predicted molar refractivity (Wildman–Crippen MR) is 122 cm³/mol. The highest BCUT2D eigenvalue weighted by atomic mass is 35.5. The maximum atomic E-state index is 13.1. The maximum Gasteiger partial charge on any atom is 0.270 e. The van der Waals surface area contributed by atoms with Gasteiger partial charge in [-0.25, -0.2) is 0 Å². The van der Waals surface area contributed by atoms with Crippen LogP contribution in [0.1, 0.15) is 11.3 Å². The second kappa shape index (κ2) is 8.47. The highest BCUT2D eigenvalue weighted by molar-refractivity contribution is 7.99. The fourth-order valence-electron chi connectivity index (χ4n) is 2.92. The number of carbonyl (C=O) groups is 2. The summed E-state index contributed by atoms with van der Waals surface area (Å²) in [6.45, 7) is 1.87. The number of nitrogens with zero attached hydrogens (tertiary/aromatic N) is 1. The number of hydrogen-bond acceptors (Lipinski definition) is 5. The van der Waals surface area contributed by atoms with Gasteiger partial charge in [-0.3, -0.25) is 19.8 Å². The molecule has 2 heterocycles. The van der Waals surface area contributed by atoms with Crippen molar-refractivity contribution in [2.24, 2.45) is 0 Å². The number of rotatable bonds is 4. The van der Waals surface area contributed by atoms with Crippen LogP contribution < -0.4 is 10.2 Å². The lowest BCUT2D eigenvalue weighted by molar-refractivity contribution is -0.122. The number of carbonyl (C=O) groups excluding carboxylic acids is 2. The molecule has 0 aliphatic carbocycles. The summed E-state index contributed by atoms with van der Waals surface area (Å²) in [5.74, 6) is -0.665. The lowest BCUT2D eigenvalue weighted by Crippen LogP contribution is -2.54. The number of nitrogens with one attached hydrogen (secondary N) is 1. The van der Waals surface area contributed by atoms with Gasteiger partial charge in [0.15, 0.2) is 10.2 Å². The predicted octanol–water partition coefficient (Wildman–Crippen LogP) is 5.22. The number of halogens is 1. The Labute approximate surface area is 187 Å². The van der Waals surface area contributed by atoms with Gasteiger partial charge in [-0.2, -0.15) is 0 Å². The van der Waals surface area contributed by atoms with Crippen LogP contribution in [-0.2, 0) is 9.59 Å². The summed E-state index contributed by atoms with van der Waals surface area (Å²) in [5, 5.41) is 3.91. The minimum absolute atomic E-state index is 0.0508. The van der Waals surface area contributed by atoms with Gasteiger partial charge in [-0.15, -0.1) is 0 Å². The zero-order valence-electron chi connectivity index (χ0n) is 15.7. The fraction of sp³-hybridized carbons (Fsp3) is 0.0455. The van der Waals surface area contributed by atoms with Crippen molar-refractivity contribution in [2.75, 3.05) is 4.90 Å². The van der Waals surface area contributed by atoms with Gasteiger partial charge in [0.05, 0.1) is 5.69 Å². The first-order chi connectivity index (χ1) is 14.4. The molecule has 8 heteroatoms. The quantitative estimate of drug-likeness (QED) is 0.332. The van der Waals surface area contributed by atoms with Gasteiger partial charge in [-0.1, -0.05) is 41.6 Å². The molecule has 1 saturated heterocycles. The van der Waals surface area contributed by atoms with Crippen molar-refractivity contribution in [3.05, 3.63) is 82.6 Å². The molecular formula is C22H15ClN2O3S2. The molecule has 1 aliphatic heterocycles. The molecule has 1 aliphatic rings. The van der Waals surface area contributed by atoms with Gasteiger partial charge >= 0.3 is 0 Å². The lowest BCUT2D eigenvalue weighted by Gasteiger charge is -2.29. The lowest BCUT2D eigenvalue weighted by atomic mass is 10.1. The minimum atomic E-state index is -0.557. The van der Waals surface area contributed by atoms with Crippen LogP contribution in [0.5, 0.6) is 0 Å². The summed E-state index contributed by atoms with van der Waals surface area (Å²) in [6, 6.07) is 18.2. The van der Waals surface area contributed by atoms with Crippen molar-refractivity contribution in [1.29, 1.82) is 0 Å². The van der Waals surface area contributed by atoms with E-state index >= 15 is 0 Å². The maximum absolute atomic E-state index is 13.1. The Morgan fingerprint density at radius 1 is 1.07 bits per heavy atom. The molecule has 2 aromatic carbocycles. The number of aryl methyl sites for hydroxylation is 1. The molecule has 1 fully saturated rings. The van der Waals surface area contributed by atoms with Gasteiger partial charge < -0.3 is 4.42 Å². The van der Waals surface area contributed by atoms with Crippen LogP contribution in [0.3, 0.4) is 0 Å². The summed E-state index contributed by atoms with van der Waals surface area (Å²) in [7, 11) is 0. The Hall–Kier alpha value is -2.87. The molecule has 0 saturated carbocycles. The Morgan fingerprint density at radius 2 is 1.80 bits per heavy atom. The molecule has 0 spiro atoms. The zero-order valence-corrected chi connectivity index (χ0v) is 18.1. The van der Waals surface area contributed by atoms with Crippen molar-refractivity contribution in [3.63, 3.8) is 0 Å². The largest absolute Gasteiger partial charge is 0.450 e. The molecule has 0 bridgehead atoms. The third-order valence-corrected chi connectivity index (χ3v) is 5.84. The molecule has 1 aromatic heterocycles. The van der Waals surface area contributed by atoms with E-state index < -0.39 is 11.8 Å². The third-order valence-electron chi connectivity index (χ3n) is 4.38. The van der Waals surface area contributed by atoms with Crippen LogP contribution in [0.25, 0.3) is 6.08 Å². The molecule has 0 unspecified atom stereocenters. The summed E-state index contributed by atoms with van der Waals surface area (Å²) in [4.78, 5) is 27.8. The number of para-hydroxylation sites is 1. The van der Waals surface area contributed by atoms with E-state index in [0.29, 0.717) is 21.6 Å². The summed E-state index contributed by atoms with van der Waals surface area (Å²) >= 11 is 12.6. The first kappa shape index (κ1) is 20.4. The topological polar surface area (TPSA) is 62.6 Å². The van der Waals surface area contributed by atoms with Gasteiger partial charge in [0.1, 0.15) is 11.3 Å². The molecule has 1 N–H and O–H groups in total. The molecule has 2 amide bonds. The van der Waals surface area contributed by atoms with Crippen LogP contribution in [0.15, 0.2) is 80.6 Å². The Balaban J connectivity index is 1.61. The van der Waals surface area contributed by atoms with Crippen LogP contribution in [0.2, 0.25) is 5.02 Å². The van der Waals surface area contributed by atoms with Gasteiger partial charge in [-0.05, 0) is 73.2 Å². The molecule has 150 valence electrons. The van der Waals surface area contributed by atoms with Crippen molar-refractivity contribution in [1.82, 2.24) is 5.32 Å². The zero-order chi connectivity index (χ0) is 21.3. The van der Waals surface area contributed by atoms with E-state index in [1.807, 2.05) is 37.3 Å². The highest BCUT2D eigenvalue weighted by Gasteiger charge is 2.35. The minimum Gasteiger partial charge on any atom is -0.450 e. The van der Waals surface area contributed by atoms with Crippen LogP contribution >= 0.6 is 35.6 Å². The van der Waals surface area contributed by atoms with Crippen LogP contribution in [0.4, 0.5) is 5.69 Å². The van der Waals surface area contributed by atoms with E-state index in [0.717, 1.165) is 10.5 Å². The van der Waals surface area contributed by atoms with E-state index in [1.54, 1.807) is 30.3 Å². The fourth-order valence-corrected chi connectivity index (χ4v) is 4.10. The molecular weight excluding hydrogens is 440 g/mol. The van der Waals surface area contributed by atoms with Gasteiger partial charge in [0.2, 0.25) is 0 Å². The first-order valence-corrected chi connectivity index (χ1v) is 10.5. The van der Waals surface area contributed by atoms with Crippen molar-refractivity contribution >= 4 is 64.3 Å². The second-order valence-electron chi connectivity index (χ2n) is 6.46. The summed E-state index contributed by atoms with van der Waals surface area (Å²) in [6.07, 6.45) is 1.43. The number of furan rings is 1. The SMILES string of the molecule is Cc1ccccc1N1C(=O)/C(=C/c2ccc(Sc3ccc(Cl)cc3)o2)C(=O)NC1=S. The van der Waals surface area contributed by atoms with Crippen molar-refractivity contribution < 1.29 is 14.0 Å². The van der Waals surface area contributed by atoms with E-state index in [4.69, 9.17) is 28.2 Å². The molecule has 4 rings (SSSR count). The smallest absolute Gasteiger partial charge is 0.270 e. The molecule has 0 atom stereocenters. The average molecular weight is 455 g/mol. The number of anilines is 1. The Bertz CT molecular complexity index is 1190. The Morgan fingerprint density at radius 3 is 2.53 bits per heavy atom. The number of amides is 2. The number of thiocarbonyl (C=S) groups is 1. The first-order valence-electron chi connectivity index (χ1n) is 8.93. The van der Waals surface area contributed by atoms with Crippen molar-refractivity contribution in [3.8, 4) is 0 Å². The summed E-state index contributed by atoms with van der Waals surface area (Å²) < 4.78 is 5.78. The monoisotopic (exact) mass is 454 g/mol. The summed E-state index contributed by atoms with van der Waals surface area (Å²) in [5.41, 5.74) is 1.43. The number of hydrogen-bond donors (Lipinski definition) is 1. The molecule has 30 heavy (non-hydrogen) atoms. The average Bonchev–Trinajstić information content (AvgIpc) is 3.15. The van der Waals surface area contributed by atoms with E-state index in [2.05, 4.69) is 5.32 Å². The van der Waals surface area contributed by atoms with Crippen LogP contribution in [-0.4, -0.2) is 16.9 Å².